The second kappa shape index (κ2) is 8.30. The molecule has 0 saturated carbocycles. The molecule has 0 aromatic heterocycles. The van der Waals surface area contributed by atoms with E-state index in [2.05, 4.69) is 13.5 Å². The Morgan fingerprint density at radius 3 is 2.60 bits per heavy atom. The van der Waals surface area contributed by atoms with E-state index >= 15 is 0 Å². The second-order valence-electron chi connectivity index (χ2n) is 3.39. The van der Waals surface area contributed by atoms with Crippen molar-refractivity contribution in [1.29, 1.82) is 0 Å². The van der Waals surface area contributed by atoms with Gasteiger partial charge in [-0.1, -0.05) is 25.7 Å². The summed E-state index contributed by atoms with van der Waals surface area (Å²) in [7, 11) is 0. The number of ether oxygens (including phenoxy) is 1. The average molecular weight is 210 g/mol. The molecule has 2 nitrogen and oxygen atoms in total. The van der Waals surface area contributed by atoms with Crippen molar-refractivity contribution in [2.45, 2.75) is 39.7 Å². The summed E-state index contributed by atoms with van der Waals surface area (Å²) >= 11 is 0. The van der Waals surface area contributed by atoms with E-state index in [4.69, 9.17) is 9.84 Å². The van der Waals surface area contributed by atoms with E-state index in [1.54, 1.807) is 6.08 Å². The van der Waals surface area contributed by atoms with Gasteiger partial charge in [-0.15, -0.1) is 0 Å². The molecule has 1 N–H and O–H groups in total. The molecule has 0 fully saturated rings. The molecule has 1 atom stereocenters. The highest BCUT2D eigenvalue weighted by atomic mass is 16.5. The smallest absolute Gasteiger partial charge is 0.118 e. The lowest BCUT2D eigenvalue weighted by atomic mass is 10.1. The van der Waals surface area contributed by atoms with E-state index in [9.17, 15) is 0 Å². The SMILES string of the molecule is C=C/C=C(CCO)\C(=C/C)OC(C)CC. The summed E-state index contributed by atoms with van der Waals surface area (Å²) in [4.78, 5) is 0. The fourth-order valence-corrected chi connectivity index (χ4v) is 1.18. The molecular weight excluding hydrogens is 188 g/mol. The van der Waals surface area contributed by atoms with E-state index in [0.29, 0.717) is 6.42 Å². The van der Waals surface area contributed by atoms with Crippen molar-refractivity contribution in [2.75, 3.05) is 6.61 Å². The predicted molar refractivity (Wildman–Crippen MR) is 64.6 cm³/mol. The number of aliphatic hydroxyl groups is 1. The lowest BCUT2D eigenvalue weighted by molar-refractivity contribution is 0.131. The fourth-order valence-electron chi connectivity index (χ4n) is 1.18. The van der Waals surface area contributed by atoms with Gasteiger partial charge in [-0.3, -0.25) is 0 Å². The van der Waals surface area contributed by atoms with Gasteiger partial charge in [0.1, 0.15) is 5.76 Å². The molecule has 86 valence electrons. The number of allylic oxidation sites excluding steroid dienone is 4. The van der Waals surface area contributed by atoms with Gasteiger partial charge in [0, 0.05) is 6.61 Å². The minimum Gasteiger partial charge on any atom is -0.491 e. The Hall–Kier alpha value is -1.02. The molecular formula is C13H22O2. The molecule has 0 radical (unpaired) electrons. The van der Waals surface area contributed by atoms with Crippen LogP contribution in [0.4, 0.5) is 0 Å². The molecule has 0 aliphatic rings. The van der Waals surface area contributed by atoms with Crippen LogP contribution in [0, 0.1) is 0 Å². The Kier molecular flexibility index (Phi) is 7.74. The fraction of sp³-hybridized carbons (Fsp3) is 0.538. The molecule has 0 aliphatic carbocycles. The van der Waals surface area contributed by atoms with E-state index in [1.165, 1.54) is 0 Å². The molecule has 2 heteroatoms. The van der Waals surface area contributed by atoms with Gasteiger partial charge in [-0.2, -0.15) is 0 Å². The predicted octanol–water partition coefficient (Wildman–Crippen LogP) is 3.20. The monoisotopic (exact) mass is 210 g/mol. The van der Waals surface area contributed by atoms with E-state index in [0.717, 1.165) is 17.8 Å². The summed E-state index contributed by atoms with van der Waals surface area (Å²) in [5.74, 6) is 0.846. The van der Waals surface area contributed by atoms with Crippen molar-refractivity contribution < 1.29 is 9.84 Å². The maximum absolute atomic E-state index is 8.94. The highest BCUT2D eigenvalue weighted by molar-refractivity contribution is 5.28. The van der Waals surface area contributed by atoms with Gasteiger partial charge in [-0.25, -0.2) is 0 Å². The van der Waals surface area contributed by atoms with Gasteiger partial charge < -0.3 is 9.84 Å². The standard InChI is InChI=1S/C13H22O2/c1-5-8-12(9-10-14)13(7-3)15-11(4)6-2/h5,7-8,11,14H,1,6,9-10H2,2-4H3/b12-8-,13-7+. The van der Waals surface area contributed by atoms with Gasteiger partial charge in [-0.05, 0) is 38.3 Å². The summed E-state index contributed by atoms with van der Waals surface area (Å²) < 4.78 is 5.75. The first kappa shape index (κ1) is 14.0. The average Bonchev–Trinajstić information content (AvgIpc) is 2.25. The molecule has 0 aromatic rings. The third kappa shape index (κ3) is 5.43. The summed E-state index contributed by atoms with van der Waals surface area (Å²) in [6.45, 7) is 9.84. The van der Waals surface area contributed by atoms with Gasteiger partial charge in [0.2, 0.25) is 0 Å². The van der Waals surface area contributed by atoms with Crippen LogP contribution in [-0.2, 0) is 4.74 Å². The van der Waals surface area contributed by atoms with Crippen molar-refractivity contribution >= 4 is 0 Å². The second-order valence-corrected chi connectivity index (χ2v) is 3.39. The summed E-state index contributed by atoms with van der Waals surface area (Å²) in [6.07, 6.45) is 7.29. The van der Waals surface area contributed by atoms with Crippen LogP contribution in [0.15, 0.2) is 36.1 Å². The first-order chi connectivity index (χ1) is 7.19. The molecule has 0 rings (SSSR count). The van der Waals surface area contributed by atoms with Crippen LogP contribution in [0.25, 0.3) is 0 Å². The topological polar surface area (TPSA) is 29.5 Å². The van der Waals surface area contributed by atoms with E-state index in [1.807, 2.05) is 26.0 Å². The van der Waals surface area contributed by atoms with Gasteiger partial charge in [0.25, 0.3) is 0 Å². The highest BCUT2D eigenvalue weighted by Gasteiger charge is 2.07. The Morgan fingerprint density at radius 2 is 2.20 bits per heavy atom. The summed E-state index contributed by atoms with van der Waals surface area (Å²) in [5, 5.41) is 8.94. The summed E-state index contributed by atoms with van der Waals surface area (Å²) in [6, 6.07) is 0. The van der Waals surface area contributed by atoms with Crippen LogP contribution >= 0.6 is 0 Å². The van der Waals surface area contributed by atoms with Crippen LogP contribution in [0.2, 0.25) is 0 Å². The number of aliphatic hydroxyl groups excluding tert-OH is 1. The first-order valence-corrected chi connectivity index (χ1v) is 5.45. The first-order valence-electron chi connectivity index (χ1n) is 5.45. The Morgan fingerprint density at radius 1 is 1.53 bits per heavy atom. The normalized spacial score (nSPS) is 14.9. The van der Waals surface area contributed by atoms with Crippen molar-refractivity contribution in [1.82, 2.24) is 0 Å². The third-order valence-corrected chi connectivity index (χ3v) is 2.18. The van der Waals surface area contributed by atoms with Crippen LogP contribution < -0.4 is 0 Å². The molecule has 0 aromatic carbocycles. The maximum atomic E-state index is 8.94. The number of hydrogen-bond donors (Lipinski definition) is 1. The molecule has 0 heterocycles. The Labute approximate surface area is 93.0 Å². The lowest BCUT2D eigenvalue weighted by Gasteiger charge is -2.17. The molecule has 0 amide bonds. The van der Waals surface area contributed by atoms with Crippen molar-refractivity contribution in [3.63, 3.8) is 0 Å². The van der Waals surface area contributed by atoms with Crippen LogP contribution in [0.1, 0.15) is 33.6 Å². The highest BCUT2D eigenvalue weighted by Crippen LogP contribution is 2.18. The Balaban J connectivity index is 4.61. The molecule has 0 aliphatic heterocycles. The molecule has 0 saturated heterocycles. The van der Waals surface area contributed by atoms with Gasteiger partial charge in [0.05, 0.1) is 6.10 Å². The molecule has 0 bridgehead atoms. The zero-order valence-corrected chi connectivity index (χ0v) is 9.99. The van der Waals surface area contributed by atoms with Gasteiger partial charge >= 0.3 is 0 Å². The number of hydrogen-bond acceptors (Lipinski definition) is 2. The zero-order valence-electron chi connectivity index (χ0n) is 9.99. The van der Waals surface area contributed by atoms with Crippen molar-refractivity contribution in [3.8, 4) is 0 Å². The minimum atomic E-state index is 0.126. The molecule has 1 unspecified atom stereocenters. The quantitative estimate of drug-likeness (QED) is 0.516. The Bertz CT molecular complexity index is 239. The maximum Gasteiger partial charge on any atom is 0.118 e. The van der Waals surface area contributed by atoms with Crippen LogP contribution in [-0.4, -0.2) is 17.8 Å². The summed E-state index contributed by atoms with van der Waals surface area (Å²) in [5.41, 5.74) is 0.996. The molecule has 15 heavy (non-hydrogen) atoms. The van der Waals surface area contributed by atoms with Crippen LogP contribution in [0.3, 0.4) is 0 Å². The lowest BCUT2D eigenvalue weighted by Crippen LogP contribution is -2.08. The van der Waals surface area contributed by atoms with E-state index < -0.39 is 0 Å². The van der Waals surface area contributed by atoms with Gasteiger partial charge in [0.15, 0.2) is 0 Å². The minimum absolute atomic E-state index is 0.126. The zero-order chi connectivity index (χ0) is 11.7. The van der Waals surface area contributed by atoms with Crippen LogP contribution in [0.5, 0.6) is 0 Å². The van der Waals surface area contributed by atoms with E-state index in [-0.39, 0.29) is 12.7 Å². The van der Waals surface area contributed by atoms with Crippen molar-refractivity contribution in [2.24, 2.45) is 0 Å². The van der Waals surface area contributed by atoms with Crippen molar-refractivity contribution in [3.05, 3.63) is 36.1 Å². The molecule has 0 spiro atoms. The third-order valence-electron chi connectivity index (χ3n) is 2.18. The number of rotatable bonds is 7. The largest absolute Gasteiger partial charge is 0.491 e.